The van der Waals surface area contributed by atoms with E-state index in [0.717, 1.165) is 19.4 Å². The van der Waals surface area contributed by atoms with Crippen LogP contribution in [0.2, 0.25) is 0 Å². The molecule has 0 N–H and O–H groups in total. The number of hydrogen-bond donors (Lipinski definition) is 0. The topological polar surface area (TPSA) is 75.8 Å². The number of piperidine rings is 1. The van der Waals surface area contributed by atoms with Crippen LogP contribution in [0.5, 0.6) is 0 Å². The summed E-state index contributed by atoms with van der Waals surface area (Å²) in [5.74, 6) is 0.0815. The van der Waals surface area contributed by atoms with Crippen LogP contribution in [-0.4, -0.2) is 54.9 Å². The number of aromatic nitrogens is 1. The maximum atomic E-state index is 13.1. The van der Waals surface area contributed by atoms with Gasteiger partial charge in [0.2, 0.25) is 10.0 Å². The fraction of sp³-hybridized carbons (Fsp3) is 0.650. The monoisotopic (exact) mass is 407 g/mol. The van der Waals surface area contributed by atoms with E-state index in [1.54, 1.807) is 23.5 Å². The molecule has 0 saturated carbocycles. The molecule has 2 saturated heterocycles. The Labute approximate surface area is 166 Å². The molecule has 4 rings (SSSR count). The van der Waals surface area contributed by atoms with Crippen molar-refractivity contribution in [2.75, 3.05) is 32.7 Å². The van der Waals surface area contributed by atoms with Crippen LogP contribution < -0.4 is 5.76 Å². The van der Waals surface area contributed by atoms with Gasteiger partial charge in [-0.25, -0.2) is 13.2 Å². The molecule has 0 unspecified atom stereocenters. The van der Waals surface area contributed by atoms with Gasteiger partial charge in [0.1, 0.15) is 0 Å². The number of nitrogens with zero attached hydrogens (tertiary/aromatic N) is 3. The molecular formula is C20H29N3O4S. The van der Waals surface area contributed by atoms with Gasteiger partial charge in [-0.2, -0.15) is 4.31 Å². The molecule has 28 heavy (non-hydrogen) atoms. The molecule has 3 heterocycles. The normalized spacial score (nSPS) is 21.2. The lowest BCUT2D eigenvalue weighted by Crippen LogP contribution is -2.41. The van der Waals surface area contributed by atoms with Gasteiger partial charge in [-0.1, -0.05) is 12.8 Å². The van der Waals surface area contributed by atoms with Gasteiger partial charge in [-0.05, 0) is 56.8 Å². The molecule has 0 amide bonds. The largest absolute Gasteiger partial charge is 0.419 e. The standard InChI is InChI=1S/C20H29N3O4S/c1-21-18-7-6-17(14-19(18)27-20(21)24)28(25,26)23-12-8-16(9-13-23)15-22-10-4-2-3-5-11-22/h6-7,14,16H,2-5,8-13,15H2,1H3. The first-order valence-electron chi connectivity index (χ1n) is 10.3. The third-order valence-electron chi connectivity index (χ3n) is 6.19. The number of fused-ring (bicyclic) bond motifs is 1. The van der Waals surface area contributed by atoms with E-state index in [2.05, 4.69) is 4.90 Å². The van der Waals surface area contributed by atoms with Crippen molar-refractivity contribution < 1.29 is 12.8 Å². The predicted molar refractivity (Wildman–Crippen MR) is 108 cm³/mol. The highest BCUT2D eigenvalue weighted by Gasteiger charge is 2.30. The minimum absolute atomic E-state index is 0.195. The molecule has 154 valence electrons. The Morgan fingerprint density at radius 1 is 1.04 bits per heavy atom. The first-order valence-corrected chi connectivity index (χ1v) is 11.7. The van der Waals surface area contributed by atoms with Gasteiger partial charge in [0.05, 0.1) is 10.4 Å². The second-order valence-electron chi connectivity index (χ2n) is 8.12. The summed E-state index contributed by atoms with van der Waals surface area (Å²) >= 11 is 0. The van der Waals surface area contributed by atoms with E-state index in [1.165, 1.54) is 49.4 Å². The molecular weight excluding hydrogens is 378 g/mol. The van der Waals surface area contributed by atoms with Crippen LogP contribution in [0.3, 0.4) is 0 Å². The van der Waals surface area contributed by atoms with E-state index < -0.39 is 15.8 Å². The highest BCUT2D eigenvalue weighted by molar-refractivity contribution is 7.89. The summed E-state index contributed by atoms with van der Waals surface area (Å²) in [6.45, 7) is 4.56. The van der Waals surface area contributed by atoms with Crippen LogP contribution in [0.4, 0.5) is 0 Å². The van der Waals surface area contributed by atoms with E-state index in [9.17, 15) is 13.2 Å². The molecule has 7 nitrogen and oxygen atoms in total. The van der Waals surface area contributed by atoms with Crippen molar-refractivity contribution in [2.45, 2.75) is 43.4 Å². The van der Waals surface area contributed by atoms with Crippen LogP contribution in [0.25, 0.3) is 11.1 Å². The van der Waals surface area contributed by atoms with Crippen LogP contribution in [-0.2, 0) is 17.1 Å². The van der Waals surface area contributed by atoms with Crippen LogP contribution in [0.15, 0.2) is 32.3 Å². The summed E-state index contributed by atoms with van der Waals surface area (Å²) in [6, 6.07) is 4.67. The Morgan fingerprint density at radius 2 is 1.71 bits per heavy atom. The van der Waals surface area contributed by atoms with Gasteiger partial charge in [-0.3, -0.25) is 4.57 Å². The Bertz CT molecular complexity index is 979. The van der Waals surface area contributed by atoms with Crippen molar-refractivity contribution in [3.05, 3.63) is 28.7 Å². The molecule has 0 aliphatic carbocycles. The number of hydrogen-bond acceptors (Lipinski definition) is 5. The van der Waals surface area contributed by atoms with Gasteiger partial charge in [0.25, 0.3) is 0 Å². The average molecular weight is 408 g/mol. The van der Waals surface area contributed by atoms with Crippen molar-refractivity contribution in [1.82, 2.24) is 13.8 Å². The molecule has 2 aliphatic heterocycles. The fourth-order valence-electron chi connectivity index (χ4n) is 4.44. The van der Waals surface area contributed by atoms with Crippen LogP contribution in [0, 0.1) is 5.92 Å². The van der Waals surface area contributed by atoms with E-state index in [1.807, 2.05) is 0 Å². The molecule has 1 aromatic carbocycles. The van der Waals surface area contributed by atoms with Gasteiger partial charge in [0.15, 0.2) is 5.58 Å². The van der Waals surface area contributed by atoms with Crippen molar-refractivity contribution in [3.63, 3.8) is 0 Å². The lowest BCUT2D eigenvalue weighted by Gasteiger charge is -2.34. The summed E-state index contributed by atoms with van der Waals surface area (Å²) in [5.41, 5.74) is 0.907. The fourth-order valence-corrected chi connectivity index (χ4v) is 5.93. The summed E-state index contributed by atoms with van der Waals surface area (Å²) in [4.78, 5) is 14.4. The van der Waals surface area contributed by atoms with E-state index >= 15 is 0 Å². The molecule has 0 radical (unpaired) electrons. The van der Waals surface area contributed by atoms with Crippen LogP contribution >= 0.6 is 0 Å². The summed E-state index contributed by atoms with van der Waals surface area (Å²) in [5, 5.41) is 0. The maximum Gasteiger partial charge on any atom is 0.419 e. The summed E-state index contributed by atoms with van der Waals surface area (Å²) < 4.78 is 34.2. The molecule has 1 aromatic heterocycles. The van der Waals surface area contributed by atoms with Crippen molar-refractivity contribution in [1.29, 1.82) is 0 Å². The van der Waals surface area contributed by atoms with E-state index in [-0.39, 0.29) is 4.90 Å². The molecule has 0 atom stereocenters. The highest BCUT2D eigenvalue weighted by Crippen LogP contribution is 2.27. The second kappa shape index (κ2) is 8.00. The number of rotatable bonds is 4. The average Bonchev–Trinajstić information content (AvgIpc) is 2.86. The Hall–Kier alpha value is -1.64. The minimum Gasteiger partial charge on any atom is -0.408 e. The zero-order valence-electron chi connectivity index (χ0n) is 16.5. The zero-order chi connectivity index (χ0) is 19.7. The van der Waals surface area contributed by atoms with Gasteiger partial charge in [0, 0.05) is 32.7 Å². The number of sulfonamides is 1. The van der Waals surface area contributed by atoms with Crippen molar-refractivity contribution in [2.24, 2.45) is 13.0 Å². The molecule has 8 heteroatoms. The summed E-state index contributed by atoms with van der Waals surface area (Å²) in [6.07, 6.45) is 7.03. The smallest absolute Gasteiger partial charge is 0.408 e. The number of benzene rings is 1. The van der Waals surface area contributed by atoms with E-state index in [4.69, 9.17) is 4.42 Å². The molecule has 0 bridgehead atoms. The maximum absolute atomic E-state index is 13.1. The van der Waals surface area contributed by atoms with Crippen molar-refractivity contribution in [3.8, 4) is 0 Å². The zero-order valence-corrected chi connectivity index (χ0v) is 17.3. The third-order valence-corrected chi connectivity index (χ3v) is 8.08. The Kier molecular flexibility index (Phi) is 5.62. The summed E-state index contributed by atoms with van der Waals surface area (Å²) in [7, 11) is -1.96. The number of oxazole rings is 1. The predicted octanol–water partition coefficient (Wildman–Crippen LogP) is 2.41. The van der Waals surface area contributed by atoms with Gasteiger partial charge in [-0.15, -0.1) is 0 Å². The SMILES string of the molecule is Cn1c(=O)oc2cc(S(=O)(=O)N3CCC(CN4CCCCCC4)CC3)ccc21. The van der Waals surface area contributed by atoms with Gasteiger partial charge < -0.3 is 9.32 Å². The molecule has 2 aromatic rings. The van der Waals surface area contributed by atoms with Crippen LogP contribution in [0.1, 0.15) is 38.5 Å². The minimum atomic E-state index is -3.57. The first kappa shape index (κ1) is 19.7. The number of likely N-dealkylation sites (tertiary alicyclic amines) is 1. The second-order valence-corrected chi connectivity index (χ2v) is 10.1. The lowest BCUT2D eigenvalue weighted by molar-refractivity contribution is 0.186. The lowest BCUT2D eigenvalue weighted by atomic mass is 9.97. The molecule has 2 fully saturated rings. The quantitative estimate of drug-likeness (QED) is 0.778. The highest BCUT2D eigenvalue weighted by atomic mass is 32.2. The van der Waals surface area contributed by atoms with E-state index in [0.29, 0.717) is 30.1 Å². The Balaban J connectivity index is 1.42. The first-order chi connectivity index (χ1) is 13.4. The van der Waals surface area contributed by atoms with Gasteiger partial charge >= 0.3 is 5.76 Å². The van der Waals surface area contributed by atoms with Crippen molar-refractivity contribution >= 4 is 21.1 Å². The third kappa shape index (κ3) is 3.90. The molecule has 2 aliphatic rings. The number of aryl methyl sites for hydroxylation is 1. The Morgan fingerprint density at radius 3 is 2.39 bits per heavy atom. The molecule has 0 spiro atoms.